The maximum atomic E-state index is 6.53. The Bertz CT molecular complexity index is 1120. The molecule has 0 saturated carbocycles. The molecule has 0 spiro atoms. The van der Waals surface area contributed by atoms with E-state index in [0.717, 1.165) is 38.1 Å². The van der Waals surface area contributed by atoms with Gasteiger partial charge in [-0.05, 0) is 95.3 Å². The van der Waals surface area contributed by atoms with Crippen LogP contribution in [0.25, 0.3) is 6.08 Å². The molecular weight excluding hydrogens is 500 g/mol. The number of nitrogens with two attached hydrogens (primary N) is 1. The lowest BCUT2D eigenvalue weighted by molar-refractivity contribution is 0.170. The van der Waals surface area contributed by atoms with Gasteiger partial charge in [0.1, 0.15) is 12.4 Å². The minimum Gasteiger partial charge on any atom is -0.489 e. The average Bonchev–Trinajstić information content (AvgIpc) is 2.98. The van der Waals surface area contributed by atoms with Gasteiger partial charge in [0.05, 0.1) is 0 Å². The summed E-state index contributed by atoms with van der Waals surface area (Å²) in [6.07, 6.45) is 14.4. The Labute approximate surface area is 250 Å². The van der Waals surface area contributed by atoms with Crippen molar-refractivity contribution in [3.05, 3.63) is 107 Å². The van der Waals surface area contributed by atoms with Crippen LogP contribution in [0.15, 0.2) is 84.9 Å². The van der Waals surface area contributed by atoms with Crippen LogP contribution in [0.5, 0.6) is 5.75 Å². The maximum absolute atomic E-state index is 6.53. The van der Waals surface area contributed by atoms with Crippen molar-refractivity contribution in [3.8, 4) is 5.75 Å². The smallest absolute Gasteiger partial charge is 0.123 e. The summed E-state index contributed by atoms with van der Waals surface area (Å²) in [6, 6.07) is 29.2. The van der Waals surface area contributed by atoms with Crippen LogP contribution < -0.4 is 10.5 Å². The normalized spacial score (nSPS) is 12.6. The quantitative estimate of drug-likeness (QED) is 0.150. The van der Waals surface area contributed by atoms with E-state index >= 15 is 0 Å². The summed E-state index contributed by atoms with van der Waals surface area (Å²) in [7, 11) is 0. The van der Waals surface area contributed by atoms with Crippen LogP contribution in [0, 0.1) is 0 Å². The third-order valence-electron chi connectivity index (χ3n) is 7.99. The van der Waals surface area contributed by atoms with Gasteiger partial charge in [-0.3, -0.25) is 4.90 Å². The predicted octanol–water partition coefficient (Wildman–Crippen LogP) is 9.61. The van der Waals surface area contributed by atoms with Crippen molar-refractivity contribution in [1.82, 2.24) is 4.90 Å². The predicted molar refractivity (Wildman–Crippen MR) is 178 cm³/mol. The van der Waals surface area contributed by atoms with Gasteiger partial charge in [-0.1, -0.05) is 105 Å². The molecule has 0 aromatic heterocycles. The second-order valence-electron chi connectivity index (χ2n) is 11.8. The highest BCUT2D eigenvalue weighted by Crippen LogP contribution is 2.36. The summed E-state index contributed by atoms with van der Waals surface area (Å²) >= 11 is 0. The van der Waals surface area contributed by atoms with Crippen LogP contribution in [0.1, 0.15) is 107 Å². The van der Waals surface area contributed by atoms with Crippen LogP contribution in [0.3, 0.4) is 0 Å². The second kappa shape index (κ2) is 18.5. The van der Waals surface area contributed by atoms with E-state index in [1.54, 1.807) is 0 Å². The minimum atomic E-state index is 0.254. The van der Waals surface area contributed by atoms with E-state index in [4.69, 9.17) is 10.5 Å². The summed E-state index contributed by atoms with van der Waals surface area (Å²) in [4.78, 5) is 2.60. The number of benzene rings is 3. The first-order valence-electron chi connectivity index (χ1n) is 16.0. The van der Waals surface area contributed by atoms with E-state index in [2.05, 4.69) is 124 Å². The number of hydrogen-bond acceptors (Lipinski definition) is 3. The fraction of sp³-hybridized carbons (Fsp3) is 0.474. The number of nitrogens with zero attached hydrogens (tertiary/aromatic N) is 1. The molecule has 0 amide bonds. The summed E-state index contributed by atoms with van der Waals surface area (Å²) < 4.78 is 6.53. The van der Waals surface area contributed by atoms with Gasteiger partial charge in [0, 0.05) is 23.6 Å². The van der Waals surface area contributed by atoms with Crippen molar-refractivity contribution in [2.24, 2.45) is 5.73 Å². The molecule has 3 heteroatoms. The lowest BCUT2D eigenvalue weighted by atomic mass is 9.86. The highest BCUT2D eigenvalue weighted by atomic mass is 16.5. The molecule has 0 aliphatic rings. The lowest BCUT2D eigenvalue weighted by Crippen LogP contribution is -2.38. The van der Waals surface area contributed by atoms with E-state index < -0.39 is 0 Å². The Morgan fingerprint density at radius 3 is 2.05 bits per heavy atom. The zero-order chi connectivity index (χ0) is 29.3. The third-order valence-corrected chi connectivity index (χ3v) is 7.99. The third kappa shape index (κ3) is 11.5. The van der Waals surface area contributed by atoms with Crippen molar-refractivity contribution in [2.45, 2.75) is 104 Å². The van der Waals surface area contributed by atoms with E-state index in [-0.39, 0.29) is 5.92 Å². The first kappa shape index (κ1) is 32.6. The molecule has 0 saturated heterocycles. The topological polar surface area (TPSA) is 38.5 Å². The maximum Gasteiger partial charge on any atom is 0.123 e. The van der Waals surface area contributed by atoms with Crippen LogP contribution in [0.2, 0.25) is 0 Å². The van der Waals surface area contributed by atoms with Gasteiger partial charge in [0.25, 0.3) is 0 Å². The molecular formula is C38H54N2O. The van der Waals surface area contributed by atoms with Gasteiger partial charge < -0.3 is 10.5 Å². The average molecular weight is 555 g/mol. The molecule has 0 heterocycles. The van der Waals surface area contributed by atoms with Gasteiger partial charge in [-0.15, -0.1) is 0 Å². The van der Waals surface area contributed by atoms with Crippen molar-refractivity contribution >= 4 is 6.08 Å². The Balaban J connectivity index is 1.83. The fourth-order valence-corrected chi connectivity index (χ4v) is 5.72. The Morgan fingerprint density at radius 1 is 0.756 bits per heavy atom. The standard InChI is InChI=1S/C38H54N2O/c1-31(2)40(32(3)4)28-26-36(35-22-16-12-17-23-35)37-29-33(19-13-9-7-5-6-8-10-18-27-39)24-25-38(37)41-30-34-20-14-11-15-21-34/h11-17,19-25,29,31-32,36H,5-10,18,26-28,30,39H2,1-4H3/t36-/m1/s1. The second-order valence-corrected chi connectivity index (χ2v) is 11.8. The summed E-state index contributed by atoms with van der Waals surface area (Å²) in [5.74, 6) is 1.24. The Hall–Kier alpha value is -2.88. The number of ether oxygens (including phenoxy) is 1. The highest BCUT2D eigenvalue weighted by molar-refractivity contribution is 5.55. The van der Waals surface area contributed by atoms with E-state index in [1.165, 1.54) is 54.4 Å². The first-order valence-corrected chi connectivity index (χ1v) is 16.0. The molecule has 0 unspecified atom stereocenters. The van der Waals surface area contributed by atoms with Crippen molar-refractivity contribution < 1.29 is 4.74 Å². The molecule has 0 aliphatic carbocycles. The van der Waals surface area contributed by atoms with Crippen LogP contribution in [-0.2, 0) is 6.61 Å². The van der Waals surface area contributed by atoms with Gasteiger partial charge in [-0.2, -0.15) is 0 Å². The molecule has 1 atom stereocenters. The number of allylic oxidation sites excluding steroid dienone is 1. The Kier molecular flexibility index (Phi) is 14.7. The molecule has 2 N–H and O–H groups in total. The molecule has 0 fully saturated rings. The number of rotatable bonds is 19. The van der Waals surface area contributed by atoms with Crippen LogP contribution in [0.4, 0.5) is 0 Å². The SMILES string of the molecule is CC(C)N(CC[C@H](c1ccccc1)c1cc(C=CCCCCCCCCN)ccc1OCc1ccccc1)C(C)C. The summed E-state index contributed by atoms with van der Waals surface area (Å²) in [6.45, 7) is 11.6. The van der Waals surface area contributed by atoms with Gasteiger partial charge in [0.2, 0.25) is 0 Å². The van der Waals surface area contributed by atoms with E-state index in [0.29, 0.717) is 18.7 Å². The zero-order valence-corrected chi connectivity index (χ0v) is 26.1. The molecule has 0 aliphatic heterocycles. The molecule has 3 rings (SSSR count). The number of hydrogen-bond donors (Lipinski definition) is 1. The monoisotopic (exact) mass is 554 g/mol. The van der Waals surface area contributed by atoms with Gasteiger partial charge in [0.15, 0.2) is 0 Å². The molecule has 0 radical (unpaired) electrons. The summed E-state index contributed by atoms with van der Waals surface area (Å²) in [5.41, 5.74) is 10.7. The summed E-state index contributed by atoms with van der Waals surface area (Å²) in [5, 5.41) is 0. The van der Waals surface area contributed by atoms with Crippen molar-refractivity contribution in [2.75, 3.05) is 13.1 Å². The van der Waals surface area contributed by atoms with Crippen LogP contribution >= 0.6 is 0 Å². The largest absolute Gasteiger partial charge is 0.489 e. The zero-order valence-electron chi connectivity index (χ0n) is 26.1. The van der Waals surface area contributed by atoms with Gasteiger partial charge in [-0.25, -0.2) is 0 Å². The fourth-order valence-electron chi connectivity index (χ4n) is 5.72. The van der Waals surface area contributed by atoms with Crippen LogP contribution in [-0.4, -0.2) is 30.1 Å². The lowest BCUT2D eigenvalue weighted by Gasteiger charge is -2.32. The van der Waals surface area contributed by atoms with Gasteiger partial charge >= 0.3 is 0 Å². The molecule has 222 valence electrons. The van der Waals surface area contributed by atoms with Crippen molar-refractivity contribution in [1.29, 1.82) is 0 Å². The molecule has 3 nitrogen and oxygen atoms in total. The molecule has 41 heavy (non-hydrogen) atoms. The van der Waals surface area contributed by atoms with E-state index in [9.17, 15) is 0 Å². The minimum absolute atomic E-state index is 0.254. The molecule has 3 aromatic carbocycles. The Morgan fingerprint density at radius 2 is 1.39 bits per heavy atom. The first-order chi connectivity index (χ1) is 20.0. The number of unbranched alkanes of at least 4 members (excludes halogenated alkanes) is 6. The van der Waals surface area contributed by atoms with Crippen molar-refractivity contribution in [3.63, 3.8) is 0 Å². The highest BCUT2D eigenvalue weighted by Gasteiger charge is 2.22. The van der Waals surface area contributed by atoms with E-state index in [1.807, 2.05) is 0 Å². The molecule has 0 bridgehead atoms. The molecule has 3 aromatic rings.